The first-order chi connectivity index (χ1) is 12.6. The molecule has 2 heterocycles. The Bertz CT molecular complexity index is 828. The summed E-state index contributed by atoms with van der Waals surface area (Å²) in [7, 11) is 0. The second-order valence-electron chi connectivity index (χ2n) is 6.85. The van der Waals surface area contributed by atoms with E-state index in [2.05, 4.69) is 20.6 Å². The number of amides is 4. The Morgan fingerprint density at radius 3 is 2.88 bits per heavy atom. The summed E-state index contributed by atoms with van der Waals surface area (Å²) in [4.78, 5) is 45.5. The number of rotatable bonds is 4. The smallest absolute Gasteiger partial charge is 0.324 e. The van der Waals surface area contributed by atoms with Crippen molar-refractivity contribution in [2.24, 2.45) is 5.92 Å². The van der Waals surface area contributed by atoms with Crippen LogP contribution in [0.15, 0.2) is 24.3 Å². The van der Waals surface area contributed by atoms with Gasteiger partial charge in [-0.15, -0.1) is 0 Å². The molecule has 2 aromatic rings. The number of nitrogens with zero attached hydrogens (tertiary/aromatic N) is 2. The van der Waals surface area contributed by atoms with Gasteiger partial charge in [-0.05, 0) is 25.0 Å². The maximum Gasteiger partial charge on any atom is 0.324 e. The molecular formula is C18H21N5O3. The van der Waals surface area contributed by atoms with E-state index in [4.69, 9.17) is 0 Å². The van der Waals surface area contributed by atoms with Crippen molar-refractivity contribution >= 4 is 28.9 Å². The Kier molecular flexibility index (Phi) is 4.32. The number of aromatic amines is 1. The van der Waals surface area contributed by atoms with Gasteiger partial charge in [-0.3, -0.25) is 14.5 Å². The number of fused-ring (bicyclic) bond motifs is 2. The molecule has 1 aliphatic carbocycles. The second kappa shape index (κ2) is 6.78. The average Bonchev–Trinajstić information content (AvgIpc) is 3.06. The number of imide groups is 1. The van der Waals surface area contributed by atoms with Crippen LogP contribution in [-0.2, 0) is 16.1 Å². The van der Waals surface area contributed by atoms with Crippen LogP contribution in [-0.4, -0.2) is 45.3 Å². The molecule has 0 bridgehead atoms. The molecule has 1 saturated carbocycles. The number of hydrogen-bond donors (Lipinski definition) is 3. The molecule has 1 saturated heterocycles. The van der Waals surface area contributed by atoms with E-state index in [1.807, 2.05) is 24.3 Å². The molecule has 3 N–H and O–H groups in total. The number of nitrogens with one attached hydrogen (secondary N) is 3. The van der Waals surface area contributed by atoms with Crippen LogP contribution < -0.4 is 10.6 Å². The van der Waals surface area contributed by atoms with Gasteiger partial charge in [0.25, 0.3) is 0 Å². The number of hydrogen-bond acceptors (Lipinski definition) is 4. The average molecular weight is 355 g/mol. The van der Waals surface area contributed by atoms with Crippen molar-refractivity contribution in [1.29, 1.82) is 0 Å². The number of carbonyl (C=O) groups is 3. The van der Waals surface area contributed by atoms with Crippen LogP contribution in [0.5, 0.6) is 0 Å². The number of urea groups is 1. The SMILES string of the molecule is O=C(CN1C(=O)NC2CCCCC2C1=O)NCc1nc2ccccc2[nH]1. The Morgan fingerprint density at radius 2 is 2.04 bits per heavy atom. The van der Waals surface area contributed by atoms with Crippen molar-refractivity contribution in [3.05, 3.63) is 30.1 Å². The zero-order valence-corrected chi connectivity index (χ0v) is 14.3. The van der Waals surface area contributed by atoms with Crippen LogP contribution in [0, 0.1) is 5.92 Å². The first-order valence-corrected chi connectivity index (χ1v) is 8.94. The number of imidazole rings is 1. The minimum Gasteiger partial charge on any atom is -0.347 e. The first-order valence-electron chi connectivity index (χ1n) is 8.94. The molecule has 2 unspecified atom stereocenters. The summed E-state index contributed by atoms with van der Waals surface area (Å²) in [6.45, 7) is -0.0582. The van der Waals surface area contributed by atoms with Crippen LogP contribution in [0.25, 0.3) is 11.0 Å². The molecule has 8 heteroatoms. The molecule has 1 aromatic heterocycles. The maximum absolute atomic E-state index is 12.6. The fourth-order valence-corrected chi connectivity index (χ4v) is 3.76. The molecule has 1 aromatic carbocycles. The van der Waals surface area contributed by atoms with E-state index in [-0.39, 0.29) is 36.9 Å². The summed E-state index contributed by atoms with van der Waals surface area (Å²) in [5.41, 5.74) is 1.72. The van der Waals surface area contributed by atoms with Gasteiger partial charge in [0.2, 0.25) is 11.8 Å². The van der Waals surface area contributed by atoms with E-state index in [9.17, 15) is 14.4 Å². The van der Waals surface area contributed by atoms with Gasteiger partial charge in [-0.25, -0.2) is 9.78 Å². The minimum atomic E-state index is -0.475. The number of benzene rings is 1. The van der Waals surface area contributed by atoms with Gasteiger partial charge in [0.15, 0.2) is 0 Å². The topological polar surface area (TPSA) is 107 Å². The molecule has 0 radical (unpaired) electrons. The molecule has 136 valence electrons. The van der Waals surface area contributed by atoms with Gasteiger partial charge in [0, 0.05) is 6.04 Å². The van der Waals surface area contributed by atoms with E-state index in [0.29, 0.717) is 5.82 Å². The number of carbonyl (C=O) groups excluding carboxylic acids is 3. The van der Waals surface area contributed by atoms with Crippen LogP contribution in [0.3, 0.4) is 0 Å². The maximum atomic E-state index is 12.6. The van der Waals surface area contributed by atoms with Crippen molar-refractivity contribution in [2.75, 3.05) is 6.54 Å². The Labute approximate surface area is 150 Å². The lowest BCUT2D eigenvalue weighted by Crippen LogP contribution is -2.62. The molecule has 4 amide bonds. The molecule has 2 aliphatic rings. The zero-order chi connectivity index (χ0) is 18.1. The fraction of sp³-hybridized carbons (Fsp3) is 0.444. The van der Waals surface area contributed by atoms with E-state index >= 15 is 0 Å². The van der Waals surface area contributed by atoms with E-state index in [1.54, 1.807) is 0 Å². The zero-order valence-electron chi connectivity index (χ0n) is 14.3. The third kappa shape index (κ3) is 3.14. The number of para-hydroxylation sites is 2. The number of aromatic nitrogens is 2. The minimum absolute atomic E-state index is 0.0846. The summed E-state index contributed by atoms with van der Waals surface area (Å²) in [5, 5.41) is 5.58. The molecule has 8 nitrogen and oxygen atoms in total. The monoisotopic (exact) mass is 355 g/mol. The van der Waals surface area contributed by atoms with Gasteiger partial charge >= 0.3 is 6.03 Å². The summed E-state index contributed by atoms with van der Waals surface area (Å²) < 4.78 is 0. The summed E-state index contributed by atoms with van der Waals surface area (Å²) in [6.07, 6.45) is 3.59. The molecular weight excluding hydrogens is 334 g/mol. The standard InChI is InChI=1S/C18H21N5O3/c24-16(19-9-15-20-13-7-3-4-8-14(13)21-15)10-23-17(25)11-5-1-2-6-12(11)22-18(23)26/h3-4,7-8,11-12H,1-2,5-6,9-10H2,(H,19,24)(H,20,21)(H,22,26). The van der Waals surface area contributed by atoms with Gasteiger partial charge in [-0.1, -0.05) is 25.0 Å². The molecule has 2 fully saturated rings. The van der Waals surface area contributed by atoms with Crippen molar-refractivity contribution in [3.8, 4) is 0 Å². The van der Waals surface area contributed by atoms with Crippen molar-refractivity contribution in [3.63, 3.8) is 0 Å². The van der Waals surface area contributed by atoms with Crippen molar-refractivity contribution in [1.82, 2.24) is 25.5 Å². The predicted molar refractivity (Wildman–Crippen MR) is 93.9 cm³/mol. The highest BCUT2D eigenvalue weighted by molar-refractivity contribution is 6.01. The molecule has 1 aliphatic heterocycles. The van der Waals surface area contributed by atoms with Gasteiger partial charge in [0.1, 0.15) is 12.4 Å². The lowest BCUT2D eigenvalue weighted by Gasteiger charge is -2.39. The highest BCUT2D eigenvalue weighted by Gasteiger charge is 2.42. The van der Waals surface area contributed by atoms with E-state index in [0.717, 1.165) is 41.6 Å². The van der Waals surface area contributed by atoms with E-state index < -0.39 is 6.03 Å². The Balaban J connectivity index is 1.36. The van der Waals surface area contributed by atoms with Crippen LogP contribution in [0.1, 0.15) is 31.5 Å². The molecule has 0 spiro atoms. The van der Waals surface area contributed by atoms with Crippen molar-refractivity contribution < 1.29 is 14.4 Å². The molecule has 4 rings (SSSR count). The highest BCUT2D eigenvalue weighted by Crippen LogP contribution is 2.29. The van der Waals surface area contributed by atoms with Crippen LogP contribution in [0.4, 0.5) is 4.79 Å². The third-order valence-corrected chi connectivity index (χ3v) is 5.10. The molecule has 26 heavy (non-hydrogen) atoms. The largest absolute Gasteiger partial charge is 0.347 e. The van der Waals surface area contributed by atoms with Crippen molar-refractivity contribution in [2.45, 2.75) is 38.3 Å². The summed E-state index contributed by atoms with van der Waals surface area (Å²) in [5.74, 6) is -0.202. The van der Waals surface area contributed by atoms with E-state index in [1.165, 1.54) is 0 Å². The van der Waals surface area contributed by atoms with Crippen LogP contribution >= 0.6 is 0 Å². The lowest BCUT2D eigenvalue weighted by atomic mass is 9.82. The second-order valence-corrected chi connectivity index (χ2v) is 6.85. The van der Waals surface area contributed by atoms with Gasteiger partial charge < -0.3 is 15.6 Å². The third-order valence-electron chi connectivity index (χ3n) is 5.10. The summed E-state index contributed by atoms with van der Waals surface area (Å²) in [6, 6.07) is 7.03. The first kappa shape index (κ1) is 16.6. The Hall–Kier alpha value is -2.90. The predicted octanol–water partition coefficient (Wildman–Crippen LogP) is 1.29. The fourth-order valence-electron chi connectivity index (χ4n) is 3.76. The van der Waals surface area contributed by atoms with Gasteiger partial charge in [-0.2, -0.15) is 0 Å². The summed E-state index contributed by atoms with van der Waals surface area (Å²) >= 11 is 0. The van der Waals surface area contributed by atoms with Gasteiger partial charge in [0.05, 0.1) is 23.5 Å². The quantitative estimate of drug-likeness (QED) is 0.768. The number of H-pyrrole nitrogens is 1. The van der Waals surface area contributed by atoms with Crippen LogP contribution in [0.2, 0.25) is 0 Å². The lowest BCUT2D eigenvalue weighted by molar-refractivity contribution is -0.139. The highest BCUT2D eigenvalue weighted by atomic mass is 16.2. The molecule has 2 atom stereocenters. The normalized spacial score (nSPS) is 22.8. The Morgan fingerprint density at radius 1 is 1.23 bits per heavy atom.